The van der Waals surface area contributed by atoms with Gasteiger partial charge >= 0.3 is 5.97 Å². The van der Waals surface area contributed by atoms with Gasteiger partial charge in [-0.15, -0.1) is 0 Å². The Labute approximate surface area is 232 Å². The molecule has 198 valence electrons. The minimum atomic E-state index is -0.977. The normalized spacial score (nSPS) is 16.7. The molecular weight excluding hydrogens is 510 g/mol. The van der Waals surface area contributed by atoms with Gasteiger partial charge in [-0.25, -0.2) is 4.79 Å². The first kappa shape index (κ1) is 26.1. The van der Waals surface area contributed by atoms with E-state index in [1.165, 1.54) is 0 Å². The van der Waals surface area contributed by atoms with Crippen molar-refractivity contribution < 1.29 is 14.7 Å². The molecule has 0 bridgehead atoms. The molecule has 1 aliphatic rings. The summed E-state index contributed by atoms with van der Waals surface area (Å²) in [6.07, 6.45) is 1.74. The highest BCUT2D eigenvalue weighted by Crippen LogP contribution is 2.41. The first-order valence-electron chi connectivity index (χ1n) is 12.6. The summed E-state index contributed by atoms with van der Waals surface area (Å²) < 4.78 is 2.07. The lowest BCUT2D eigenvalue weighted by molar-refractivity contribution is -0.116. The molecule has 0 unspecified atom stereocenters. The van der Waals surface area contributed by atoms with Crippen LogP contribution in [0.25, 0.3) is 5.69 Å². The van der Waals surface area contributed by atoms with E-state index in [2.05, 4.69) is 26.3 Å². The van der Waals surface area contributed by atoms with E-state index in [1.54, 1.807) is 18.3 Å². The van der Waals surface area contributed by atoms with Crippen molar-refractivity contribution in [2.24, 2.45) is 0 Å². The Balaban J connectivity index is 1.57. The number of benzene rings is 2. The van der Waals surface area contributed by atoms with Crippen LogP contribution in [0, 0.1) is 20.8 Å². The molecule has 8 nitrogen and oxygen atoms in total. The smallest absolute Gasteiger partial charge is 0.335 e. The minimum absolute atomic E-state index is 0.0475. The highest BCUT2D eigenvalue weighted by atomic mass is 32.1. The van der Waals surface area contributed by atoms with Gasteiger partial charge in [0.15, 0.2) is 5.11 Å². The Kier molecular flexibility index (Phi) is 7.17. The Morgan fingerprint density at radius 2 is 1.77 bits per heavy atom. The summed E-state index contributed by atoms with van der Waals surface area (Å²) in [5.41, 5.74) is 6.35. The number of carbonyl (C=O) groups excluding carboxylic acids is 1. The molecule has 3 heterocycles. The average Bonchev–Trinajstić information content (AvgIpc) is 3.39. The predicted molar refractivity (Wildman–Crippen MR) is 154 cm³/mol. The molecule has 9 heteroatoms. The van der Waals surface area contributed by atoms with E-state index >= 15 is 0 Å². The molecular formula is C30H29N5O3S. The largest absolute Gasteiger partial charge is 0.478 e. The maximum absolute atomic E-state index is 13.1. The number of hydrogen-bond donors (Lipinski definition) is 3. The van der Waals surface area contributed by atoms with Crippen molar-refractivity contribution in [3.63, 3.8) is 0 Å². The predicted octanol–water partition coefficient (Wildman–Crippen LogP) is 5.11. The fraction of sp³-hybridized carbons (Fsp3) is 0.200. The van der Waals surface area contributed by atoms with Crippen molar-refractivity contribution in [1.29, 1.82) is 0 Å². The van der Waals surface area contributed by atoms with Gasteiger partial charge in [-0.3, -0.25) is 9.78 Å². The fourth-order valence-electron chi connectivity index (χ4n) is 5.23. The minimum Gasteiger partial charge on any atom is -0.478 e. The summed E-state index contributed by atoms with van der Waals surface area (Å²) >= 11 is 5.76. The van der Waals surface area contributed by atoms with E-state index in [0.717, 1.165) is 33.9 Å². The summed E-state index contributed by atoms with van der Waals surface area (Å²) in [6, 6.07) is 21.7. The first-order valence-corrected chi connectivity index (χ1v) is 13.0. The van der Waals surface area contributed by atoms with Gasteiger partial charge in [0.05, 0.1) is 23.3 Å². The zero-order valence-electron chi connectivity index (χ0n) is 21.9. The fourth-order valence-corrected chi connectivity index (χ4v) is 5.54. The van der Waals surface area contributed by atoms with Crippen LogP contribution in [-0.2, 0) is 4.79 Å². The van der Waals surface area contributed by atoms with Crippen LogP contribution in [0.15, 0.2) is 79.0 Å². The first-order chi connectivity index (χ1) is 18.7. The summed E-state index contributed by atoms with van der Waals surface area (Å²) in [5, 5.41) is 16.4. The highest BCUT2D eigenvalue weighted by molar-refractivity contribution is 7.80. The van der Waals surface area contributed by atoms with E-state index in [4.69, 9.17) is 12.2 Å². The van der Waals surface area contributed by atoms with Crippen LogP contribution in [0.5, 0.6) is 0 Å². The molecule has 1 saturated heterocycles. The number of aromatic carboxylic acids is 1. The van der Waals surface area contributed by atoms with E-state index in [1.807, 2.05) is 80.3 Å². The number of aromatic nitrogens is 2. The second kappa shape index (κ2) is 10.7. The van der Waals surface area contributed by atoms with Gasteiger partial charge in [-0.1, -0.05) is 30.3 Å². The Morgan fingerprint density at radius 3 is 2.46 bits per heavy atom. The molecule has 0 radical (unpaired) electrons. The molecule has 39 heavy (non-hydrogen) atoms. The molecule has 2 aromatic heterocycles. The lowest BCUT2D eigenvalue weighted by atomic mass is 9.96. The second-order valence-corrected chi connectivity index (χ2v) is 10.0. The number of thiocarbonyl (C=S) groups is 1. The van der Waals surface area contributed by atoms with Crippen molar-refractivity contribution in [3.8, 4) is 5.69 Å². The van der Waals surface area contributed by atoms with E-state index < -0.39 is 5.97 Å². The molecule has 1 amide bonds. The van der Waals surface area contributed by atoms with E-state index in [9.17, 15) is 14.7 Å². The number of hydrogen-bond acceptors (Lipinski definition) is 4. The molecule has 2 atom stereocenters. The van der Waals surface area contributed by atoms with Crippen molar-refractivity contribution in [2.75, 3.05) is 11.9 Å². The van der Waals surface area contributed by atoms with Gasteiger partial charge < -0.3 is 25.2 Å². The standard InChI is InChI=1S/C30H29N5O3S/c1-18-12-13-21(29(37)38)16-25(18)35-19(2)15-23(20(35)3)28-27(24-11-7-8-14-31-24)33-30(39)34(28)17-26(36)32-22-9-5-4-6-10-22/h4-16,27-28H,17H2,1-3H3,(H,32,36)(H,33,39)(H,37,38)/t27-,28+/m1/s1. The molecule has 2 aromatic carbocycles. The Hall–Kier alpha value is -4.50. The third-order valence-corrected chi connectivity index (χ3v) is 7.41. The van der Waals surface area contributed by atoms with Crippen molar-refractivity contribution >= 4 is 34.9 Å². The molecule has 3 N–H and O–H groups in total. The number of nitrogens with one attached hydrogen (secondary N) is 2. The molecule has 0 spiro atoms. The van der Waals surface area contributed by atoms with Crippen LogP contribution < -0.4 is 10.6 Å². The third-order valence-electron chi connectivity index (χ3n) is 7.06. The molecule has 1 aliphatic heterocycles. The number of nitrogens with zero attached hydrogens (tertiary/aromatic N) is 3. The Bertz CT molecular complexity index is 1550. The molecule has 1 fully saturated rings. The highest BCUT2D eigenvalue weighted by Gasteiger charge is 2.42. The summed E-state index contributed by atoms with van der Waals surface area (Å²) in [4.78, 5) is 31.3. The lowest BCUT2D eigenvalue weighted by Gasteiger charge is -2.27. The lowest BCUT2D eigenvalue weighted by Crippen LogP contribution is -2.37. The van der Waals surface area contributed by atoms with Gasteiger partial charge in [0.1, 0.15) is 6.54 Å². The van der Waals surface area contributed by atoms with E-state index in [0.29, 0.717) is 10.8 Å². The van der Waals surface area contributed by atoms with Gasteiger partial charge in [-0.05, 0) is 86.6 Å². The van der Waals surface area contributed by atoms with Crippen LogP contribution in [0.1, 0.15) is 50.7 Å². The third kappa shape index (κ3) is 5.13. The number of carbonyl (C=O) groups is 2. The van der Waals surface area contributed by atoms with Crippen molar-refractivity contribution in [1.82, 2.24) is 19.8 Å². The van der Waals surface area contributed by atoms with Crippen LogP contribution in [0.2, 0.25) is 0 Å². The molecule has 4 aromatic rings. The van der Waals surface area contributed by atoms with Crippen LogP contribution in [0.3, 0.4) is 0 Å². The zero-order chi connectivity index (χ0) is 27.7. The Morgan fingerprint density at radius 1 is 1.03 bits per heavy atom. The molecule has 5 rings (SSSR count). The van der Waals surface area contributed by atoms with Gasteiger partial charge in [0, 0.05) is 29.0 Å². The van der Waals surface area contributed by atoms with Gasteiger partial charge in [0.2, 0.25) is 5.91 Å². The maximum atomic E-state index is 13.1. The van der Waals surface area contributed by atoms with Crippen LogP contribution in [0.4, 0.5) is 5.69 Å². The summed E-state index contributed by atoms with van der Waals surface area (Å²) in [5.74, 6) is -1.16. The van der Waals surface area contributed by atoms with Crippen molar-refractivity contribution in [2.45, 2.75) is 32.9 Å². The van der Waals surface area contributed by atoms with Gasteiger partial charge in [0.25, 0.3) is 0 Å². The topological polar surface area (TPSA) is 99.5 Å². The van der Waals surface area contributed by atoms with Crippen LogP contribution in [-0.4, -0.2) is 43.1 Å². The monoisotopic (exact) mass is 539 g/mol. The molecule has 0 aliphatic carbocycles. The number of amides is 1. The average molecular weight is 540 g/mol. The van der Waals surface area contributed by atoms with Crippen molar-refractivity contribution in [3.05, 3.63) is 113 Å². The number of carboxylic acid groups (broad SMARTS) is 1. The summed E-state index contributed by atoms with van der Waals surface area (Å²) in [7, 11) is 0. The number of pyridine rings is 1. The van der Waals surface area contributed by atoms with E-state index in [-0.39, 0.29) is 30.1 Å². The SMILES string of the molecule is Cc1ccc(C(=O)O)cc1-n1c(C)cc([C@H]2[C@@H](c3ccccn3)NC(=S)N2CC(=O)Nc2ccccc2)c1C. The second-order valence-electron chi connectivity index (χ2n) is 9.64. The number of rotatable bonds is 7. The maximum Gasteiger partial charge on any atom is 0.335 e. The number of para-hydroxylation sites is 1. The quantitative estimate of drug-likeness (QED) is 0.281. The molecule has 0 saturated carbocycles. The van der Waals surface area contributed by atoms with Crippen LogP contribution >= 0.6 is 12.2 Å². The number of carboxylic acids is 1. The zero-order valence-corrected chi connectivity index (χ0v) is 22.7. The number of aryl methyl sites for hydroxylation is 2. The number of anilines is 1. The summed E-state index contributed by atoms with van der Waals surface area (Å²) in [6.45, 7) is 6.01. The van der Waals surface area contributed by atoms with Gasteiger partial charge in [-0.2, -0.15) is 0 Å².